The quantitative estimate of drug-likeness (QED) is 0.148. The first-order chi connectivity index (χ1) is 28.6. The van der Waals surface area contributed by atoms with Gasteiger partial charge in [-0.25, -0.2) is 0 Å². The SMILES string of the molecule is CC(C)(C)OC(=O)CC[C@@H](CO)NC(=O)[C@@]12C[C@H]3OC(=O)[C@@H]1N(Cc1ccc(C=CCO[C@H]4O[C@H](CO)[C@H](O)[C@H](O)[C@H]4O)cc1)O[C@@H]2[C@H]1OC2(Cc4ccccc4C2)O[C@H]13. The number of nitrogens with one attached hydrogen (secondary N) is 1. The molecule has 2 aliphatic carbocycles. The van der Waals surface area contributed by atoms with Crippen molar-refractivity contribution in [2.24, 2.45) is 5.41 Å². The fraction of sp³-hybridized carbons (Fsp3) is 0.605. The van der Waals surface area contributed by atoms with Crippen LogP contribution >= 0.6 is 0 Å². The third-order valence-electron chi connectivity index (χ3n) is 12.2. The number of aliphatic hydroxyl groups is 5. The number of hydroxylamine groups is 2. The zero-order chi connectivity index (χ0) is 42.6. The number of ether oxygens (including phenoxy) is 6. The van der Waals surface area contributed by atoms with E-state index in [0.717, 1.165) is 22.3 Å². The van der Waals surface area contributed by atoms with Gasteiger partial charge in [0, 0.05) is 25.7 Å². The van der Waals surface area contributed by atoms with Crippen molar-refractivity contribution >= 4 is 23.9 Å². The molecule has 17 heteroatoms. The molecule has 8 rings (SSSR count). The van der Waals surface area contributed by atoms with Crippen LogP contribution in [0.2, 0.25) is 0 Å². The van der Waals surface area contributed by atoms with Crippen LogP contribution in [0.25, 0.3) is 6.08 Å². The van der Waals surface area contributed by atoms with E-state index in [0.29, 0.717) is 12.8 Å². The van der Waals surface area contributed by atoms with Crippen LogP contribution in [-0.4, -0.2) is 147 Å². The van der Waals surface area contributed by atoms with Gasteiger partial charge in [-0.2, -0.15) is 5.06 Å². The second-order valence-electron chi connectivity index (χ2n) is 17.6. The van der Waals surface area contributed by atoms with Crippen LogP contribution in [0.5, 0.6) is 0 Å². The number of aliphatic hydroxyl groups excluding tert-OH is 5. The molecule has 0 unspecified atom stereocenters. The highest BCUT2D eigenvalue weighted by molar-refractivity contribution is 5.93. The Morgan fingerprint density at radius 3 is 2.35 bits per heavy atom. The first-order valence-corrected chi connectivity index (χ1v) is 20.5. The standard InChI is InChI=1S/C43H54N2O15/c1-41(2,3)57-30(48)15-14-27(21-46)44-40(53)43-19-28-34-35(59-42(58-34)17-25-8-4-5-9-26(25)18-42)37(43)60-45(36(43)38(52)55-28)20-24-12-10-23(11-13-24)7-6-16-54-39-33(51)32(50)31(49)29(22-47)56-39/h4-13,27-29,31-37,39,46-47,49-51H,14-22H2,1-3H3,(H,44,53)/t27-,28+,29+,31-,32-,33+,34-,35-,36-,37+,39-,43-/m0/s1. The van der Waals surface area contributed by atoms with E-state index >= 15 is 0 Å². The molecule has 17 nitrogen and oxygen atoms in total. The maximum absolute atomic E-state index is 14.8. The van der Waals surface area contributed by atoms with Crippen molar-refractivity contribution in [2.45, 2.75) is 138 Å². The number of rotatable bonds is 13. The van der Waals surface area contributed by atoms with Crippen LogP contribution in [0, 0.1) is 5.41 Å². The summed E-state index contributed by atoms with van der Waals surface area (Å²) in [6.07, 6.45) is -5.58. The molecule has 4 aliphatic heterocycles. The highest BCUT2D eigenvalue weighted by atomic mass is 16.8. The van der Waals surface area contributed by atoms with Crippen LogP contribution < -0.4 is 5.32 Å². The molecule has 5 fully saturated rings. The van der Waals surface area contributed by atoms with Gasteiger partial charge in [-0.15, -0.1) is 0 Å². The number of fused-ring (bicyclic) bond motifs is 5. The molecule has 4 heterocycles. The first-order valence-electron chi connectivity index (χ1n) is 20.5. The molecule has 2 aromatic carbocycles. The lowest BCUT2D eigenvalue weighted by molar-refractivity contribution is -0.298. The van der Waals surface area contributed by atoms with Crippen LogP contribution in [0.3, 0.4) is 0 Å². The molecule has 0 aromatic heterocycles. The smallest absolute Gasteiger partial charge is 0.327 e. The Labute approximate surface area is 347 Å². The van der Waals surface area contributed by atoms with E-state index in [9.17, 15) is 39.9 Å². The van der Waals surface area contributed by atoms with E-state index in [1.165, 1.54) is 5.06 Å². The van der Waals surface area contributed by atoms with Gasteiger partial charge in [-0.05, 0) is 49.4 Å². The lowest BCUT2D eigenvalue weighted by Crippen LogP contribution is -2.70. The van der Waals surface area contributed by atoms with Gasteiger partial charge in [0.05, 0.1) is 32.4 Å². The number of esters is 2. The number of amides is 1. The zero-order valence-corrected chi connectivity index (χ0v) is 33.8. The Hall–Kier alpha value is -3.85. The van der Waals surface area contributed by atoms with Crippen molar-refractivity contribution < 1.29 is 73.2 Å². The number of carbonyl (C=O) groups excluding carboxylic acids is 3. The molecule has 326 valence electrons. The molecular weight excluding hydrogens is 784 g/mol. The highest BCUT2D eigenvalue weighted by Gasteiger charge is 2.76. The van der Waals surface area contributed by atoms with Gasteiger partial charge in [-0.1, -0.05) is 60.7 Å². The summed E-state index contributed by atoms with van der Waals surface area (Å²) in [7, 11) is 0. The maximum Gasteiger partial charge on any atom is 0.327 e. The van der Waals surface area contributed by atoms with Crippen molar-refractivity contribution in [2.75, 3.05) is 19.8 Å². The summed E-state index contributed by atoms with van der Waals surface area (Å²) in [5.74, 6) is -2.66. The number of hydrogen-bond donors (Lipinski definition) is 6. The zero-order valence-electron chi connectivity index (χ0n) is 33.8. The summed E-state index contributed by atoms with van der Waals surface area (Å²) in [6, 6.07) is 13.3. The topological polar surface area (TPSA) is 232 Å². The van der Waals surface area contributed by atoms with Crippen LogP contribution in [0.1, 0.15) is 62.3 Å². The molecule has 60 heavy (non-hydrogen) atoms. The van der Waals surface area contributed by atoms with Crippen molar-refractivity contribution in [1.82, 2.24) is 10.4 Å². The molecule has 2 bridgehead atoms. The van der Waals surface area contributed by atoms with Gasteiger partial charge in [0.1, 0.15) is 59.8 Å². The van der Waals surface area contributed by atoms with Crippen LogP contribution in [0.15, 0.2) is 54.6 Å². The molecule has 1 spiro atoms. The predicted molar refractivity (Wildman–Crippen MR) is 207 cm³/mol. The summed E-state index contributed by atoms with van der Waals surface area (Å²) in [4.78, 5) is 48.2. The van der Waals surface area contributed by atoms with Crippen LogP contribution in [-0.2, 0) is 67.0 Å². The average molecular weight is 839 g/mol. The Balaban J connectivity index is 0.995. The van der Waals surface area contributed by atoms with E-state index in [2.05, 4.69) is 5.32 Å². The molecule has 12 atom stereocenters. The van der Waals surface area contributed by atoms with Gasteiger partial charge >= 0.3 is 11.9 Å². The molecule has 6 N–H and O–H groups in total. The Bertz CT molecular complexity index is 1910. The minimum Gasteiger partial charge on any atom is -0.460 e. The van der Waals surface area contributed by atoms with E-state index in [-0.39, 0.29) is 32.4 Å². The van der Waals surface area contributed by atoms with Gasteiger partial charge < -0.3 is 59.3 Å². The van der Waals surface area contributed by atoms with Gasteiger partial charge in [0.15, 0.2) is 18.1 Å². The van der Waals surface area contributed by atoms with Gasteiger partial charge in [-0.3, -0.25) is 19.2 Å². The number of carbonyl (C=O) groups is 3. The highest BCUT2D eigenvalue weighted by Crippen LogP contribution is 2.58. The Morgan fingerprint density at radius 1 is 0.983 bits per heavy atom. The third-order valence-corrected chi connectivity index (χ3v) is 12.2. The third kappa shape index (κ3) is 8.13. The summed E-state index contributed by atoms with van der Waals surface area (Å²) >= 11 is 0. The number of nitrogens with zero attached hydrogens (tertiary/aromatic N) is 1. The molecule has 6 aliphatic rings. The summed E-state index contributed by atoms with van der Waals surface area (Å²) in [6.45, 7) is 4.35. The largest absolute Gasteiger partial charge is 0.460 e. The van der Waals surface area contributed by atoms with E-state index in [1.54, 1.807) is 32.9 Å². The predicted octanol–water partition coefficient (Wildman–Crippen LogP) is 0.194. The first kappa shape index (κ1) is 42.8. The van der Waals surface area contributed by atoms with Crippen molar-refractivity contribution in [3.8, 4) is 0 Å². The summed E-state index contributed by atoms with van der Waals surface area (Å²) < 4.78 is 36.0. The molecule has 0 radical (unpaired) electrons. The van der Waals surface area contributed by atoms with Crippen molar-refractivity contribution in [3.63, 3.8) is 0 Å². The maximum atomic E-state index is 14.8. The lowest BCUT2D eigenvalue weighted by Gasteiger charge is -2.49. The second kappa shape index (κ2) is 16.8. The van der Waals surface area contributed by atoms with E-state index in [1.807, 2.05) is 48.5 Å². The molecular formula is C43H54N2O15. The number of benzene rings is 2. The normalized spacial score (nSPS) is 34.6. The monoisotopic (exact) mass is 838 g/mol. The molecule has 1 amide bonds. The van der Waals surface area contributed by atoms with E-state index in [4.69, 9.17) is 33.3 Å². The Morgan fingerprint density at radius 2 is 1.68 bits per heavy atom. The fourth-order valence-corrected chi connectivity index (χ4v) is 9.43. The van der Waals surface area contributed by atoms with Gasteiger partial charge in [0.25, 0.3) is 0 Å². The van der Waals surface area contributed by atoms with Crippen LogP contribution in [0.4, 0.5) is 0 Å². The second-order valence-corrected chi connectivity index (χ2v) is 17.6. The van der Waals surface area contributed by atoms with Crippen molar-refractivity contribution in [1.29, 1.82) is 0 Å². The molecule has 1 saturated carbocycles. The fourth-order valence-electron chi connectivity index (χ4n) is 9.43. The van der Waals surface area contributed by atoms with Gasteiger partial charge in [0.2, 0.25) is 5.91 Å². The molecule has 2 aromatic rings. The lowest BCUT2D eigenvalue weighted by atomic mass is 9.62. The van der Waals surface area contributed by atoms with Crippen molar-refractivity contribution in [3.05, 3.63) is 76.9 Å². The molecule has 4 saturated heterocycles. The van der Waals surface area contributed by atoms with E-state index < -0.39 is 115 Å². The average Bonchev–Trinajstić information content (AvgIpc) is 3.89. The summed E-state index contributed by atoms with van der Waals surface area (Å²) in [5, 5.41) is 54.5. The summed E-state index contributed by atoms with van der Waals surface area (Å²) in [5.41, 5.74) is 1.52. The minimum atomic E-state index is -1.54. The Kier molecular flexibility index (Phi) is 12.0. The minimum absolute atomic E-state index is 0.0121. The number of hydrogen-bond acceptors (Lipinski definition) is 16.